The van der Waals surface area contributed by atoms with Crippen LogP contribution in [0.3, 0.4) is 0 Å². The van der Waals surface area contributed by atoms with Crippen LogP contribution in [0.4, 0.5) is 0 Å². The molecule has 2 aromatic rings. The predicted octanol–water partition coefficient (Wildman–Crippen LogP) is 3.98. The van der Waals surface area contributed by atoms with Crippen molar-refractivity contribution in [2.24, 2.45) is 0 Å². The summed E-state index contributed by atoms with van der Waals surface area (Å²) >= 11 is 5.37. The molecule has 1 aliphatic rings. The Balaban J connectivity index is 2.22. The van der Waals surface area contributed by atoms with Crippen molar-refractivity contribution in [1.29, 1.82) is 0 Å². The van der Waals surface area contributed by atoms with E-state index in [0.717, 1.165) is 22.1 Å². The van der Waals surface area contributed by atoms with Crippen LogP contribution in [0.15, 0.2) is 47.7 Å². The van der Waals surface area contributed by atoms with Crippen molar-refractivity contribution >= 4 is 34.1 Å². The molecule has 0 saturated carbocycles. The van der Waals surface area contributed by atoms with E-state index < -0.39 is 6.04 Å². The lowest BCUT2D eigenvalue weighted by Gasteiger charge is -2.32. The second-order valence-corrected chi connectivity index (χ2v) is 7.06. The van der Waals surface area contributed by atoms with Gasteiger partial charge in [0.25, 0.3) is 0 Å². The highest BCUT2D eigenvalue weighted by molar-refractivity contribution is 7.80. The van der Waals surface area contributed by atoms with Gasteiger partial charge in [-0.05, 0) is 56.8 Å². The van der Waals surface area contributed by atoms with Crippen molar-refractivity contribution < 1.29 is 14.3 Å². The number of thiocarbonyl (C=S) groups is 1. The molecule has 2 aromatic carbocycles. The van der Waals surface area contributed by atoms with E-state index in [4.69, 9.17) is 21.7 Å². The van der Waals surface area contributed by atoms with E-state index >= 15 is 0 Å². The summed E-state index contributed by atoms with van der Waals surface area (Å²) in [5.41, 5.74) is 2.08. The van der Waals surface area contributed by atoms with Gasteiger partial charge in [-0.2, -0.15) is 0 Å². The Morgan fingerprint density at radius 1 is 1.22 bits per heavy atom. The van der Waals surface area contributed by atoms with Gasteiger partial charge in [-0.15, -0.1) is 0 Å². The minimum absolute atomic E-state index is 0.216. The Labute approximate surface area is 164 Å². The van der Waals surface area contributed by atoms with Gasteiger partial charge in [-0.3, -0.25) is 0 Å². The highest BCUT2D eigenvalue weighted by Gasteiger charge is 2.34. The normalized spacial score (nSPS) is 16.9. The van der Waals surface area contributed by atoms with E-state index in [1.807, 2.05) is 64.1 Å². The highest BCUT2D eigenvalue weighted by Crippen LogP contribution is 2.38. The maximum absolute atomic E-state index is 12.9. The summed E-state index contributed by atoms with van der Waals surface area (Å²) in [7, 11) is 0. The van der Waals surface area contributed by atoms with Gasteiger partial charge in [0.15, 0.2) is 5.11 Å². The van der Waals surface area contributed by atoms with Crippen molar-refractivity contribution in [3.63, 3.8) is 0 Å². The van der Waals surface area contributed by atoms with Gasteiger partial charge >= 0.3 is 5.97 Å². The van der Waals surface area contributed by atoms with Crippen molar-refractivity contribution in [3.05, 3.63) is 53.2 Å². The van der Waals surface area contributed by atoms with Gasteiger partial charge in [0.05, 0.1) is 24.3 Å². The number of fused-ring (bicyclic) bond motifs is 1. The zero-order valence-corrected chi connectivity index (χ0v) is 16.8. The average molecular weight is 385 g/mol. The molecule has 27 heavy (non-hydrogen) atoms. The van der Waals surface area contributed by atoms with Crippen LogP contribution in [0, 0.1) is 0 Å². The molecule has 142 valence electrons. The predicted molar refractivity (Wildman–Crippen MR) is 111 cm³/mol. The Bertz CT molecular complexity index is 921. The molecule has 2 N–H and O–H groups in total. The lowest BCUT2D eigenvalue weighted by atomic mass is 9.90. The molecule has 0 amide bonds. The fraction of sp³-hybridized carbons (Fsp3) is 0.333. The number of allylic oxidation sites excluding steroid dienone is 1. The summed E-state index contributed by atoms with van der Waals surface area (Å²) in [5, 5.41) is 8.82. The van der Waals surface area contributed by atoms with Gasteiger partial charge in [0, 0.05) is 11.3 Å². The molecule has 0 bridgehead atoms. The maximum Gasteiger partial charge on any atom is 0.338 e. The van der Waals surface area contributed by atoms with Crippen molar-refractivity contribution in [2.45, 2.75) is 39.8 Å². The van der Waals surface area contributed by atoms with Crippen LogP contribution in [-0.2, 0) is 9.53 Å². The summed E-state index contributed by atoms with van der Waals surface area (Å²) in [6.45, 7) is 7.97. The molecule has 0 saturated heterocycles. The maximum atomic E-state index is 12.9. The first-order valence-corrected chi connectivity index (χ1v) is 9.46. The van der Waals surface area contributed by atoms with Gasteiger partial charge in [-0.1, -0.05) is 30.3 Å². The molecule has 0 aliphatic carbocycles. The minimum Gasteiger partial charge on any atom is -0.493 e. The second kappa shape index (κ2) is 7.96. The smallest absolute Gasteiger partial charge is 0.338 e. The molecular formula is C21H24N2O3S. The third-order valence-electron chi connectivity index (χ3n) is 4.35. The molecule has 0 unspecified atom stereocenters. The molecular weight excluding hydrogens is 360 g/mol. The Morgan fingerprint density at radius 3 is 2.67 bits per heavy atom. The van der Waals surface area contributed by atoms with Crippen molar-refractivity contribution in [3.8, 4) is 5.75 Å². The van der Waals surface area contributed by atoms with Crippen LogP contribution in [0.25, 0.3) is 10.8 Å². The number of esters is 1. The molecule has 3 rings (SSSR count). The zero-order valence-electron chi connectivity index (χ0n) is 16.0. The van der Waals surface area contributed by atoms with Gasteiger partial charge in [0.2, 0.25) is 0 Å². The van der Waals surface area contributed by atoms with Crippen LogP contribution in [0.1, 0.15) is 39.3 Å². The average Bonchev–Trinajstić information content (AvgIpc) is 2.60. The third kappa shape index (κ3) is 3.90. The van der Waals surface area contributed by atoms with Crippen molar-refractivity contribution in [1.82, 2.24) is 10.6 Å². The fourth-order valence-corrected chi connectivity index (χ4v) is 3.58. The molecule has 0 spiro atoms. The van der Waals surface area contributed by atoms with Crippen LogP contribution < -0.4 is 15.4 Å². The number of rotatable bonds is 5. The number of nitrogens with one attached hydrogen (secondary N) is 2. The lowest BCUT2D eigenvalue weighted by molar-refractivity contribution is -0.143. The number of hydrogen-bond donors (Lipinski definition) is 2. The van der Waals surface area contributed by atoms with E-state index in [9.17, 15) is 4.79 Å². The zero-order chi connectivity index (χ0) is 19.6. The van der Waals surface area contributed by atoms with Crippen LogP contribution >= 0.6 is 12.2 Å². The Kier molecular flexibility index (Phi) is 5.65. The summed E-state index contributed by atoms with van der Waals surface area (Å²) in [6, 6.07) is 11.5. The molecule has 1 atom stereocenters. The summed E-state index contributed by atoms with van der Waals surface area (Å²) in [6.07, 6.45) is -0.216. The number of ether oxygens (including phenoxy) is 2. The summed E-state index contributed by atoms with van der Waals surface area (Å²) in [4.78, 5) is 12.9. The summed E-state index contributed by atoms with van der Waals surface area (Å²) in [5.74, 6) is 0.353. The topological polar surface area (TPSA) is 59.6 Å². The van der Waals surface area contributed by atoms with Gasteiger partial charge in [-0.25, -0.2) is 4.79 Å². The number of carbonyl (C=O) groups excluding carboxylic acids is 1. The Hall–Kier alpha value is -2.60. The number of hydrogen-bond acceptors (Lipinski definition) is 4. The Morgan fingerprint density at radius 2 is 1.96 bits per heavy atom. The molecule has 5 nitrogen and oxygen atoms in total. The van der Waals surface area contributed by atoms with Crippen LogP contribution in [0.2, 0.25) is 0 Å². The molecule has 1 aliphatic heterocycles. The molecule has 1 heterocycles. The quantitative estimate of drug-likeness (QED) is 0.601. The highest BCUT2D eigenvalue weighted by atomic mass is 32.1. The van der Waals surface area contributed by atoms with E-state index in [-0.39, 0.29) is 12.1 Å². The van der Waals surface area contributed by atoms with Gasteiger partial charge < -0.3 is 20.1 Å². The standard InChI is InChI=1S/C21H24N2O3S/c1-5-25-16-11-10-14-8-6-7-9-15(14)18(16)19-17(20(24)26-12(2)3)13(4)22-21(27)23-19/h6-12,19H,5H2,1-4H3,(H2,22,23,27)/t19-/m0/s1. The first-order chi connectivity index (χ1) is 12.9. The molecule has 0 radical (unpaired) electrons. The largest absolute Gasteiger partial charge is 0.493 e. The van der Waals surface area contributed by atoms with E-state index in [1.165, 1.54) is 0 Å². The van der Waals surface area contributed by atoms with Gasteiger partial charge in [0.1, 0.15) is 5.75 Å². The SMILES string of the molecule is CCOc1ccc2ccccc2c1[C@H]1NC(=S)NC(C)=C1C(=O)OC(C)C. The monoisotopic (exact) mass is 384 g/mol. The van der Waals surface area contributed by atoms with E-state index in [0.29, 0.717) is 23.0 Å². The molecule has 0 aromatic heterocycles. The van der Waals surface area contributed by atoms with E-state index in [1.54, 1.807) is 0 Å². The molecule has 0 fully saturated rings. The first-order valence-electron chi connectivity index (χ1n) is 9.06. The minimum atomic E-state index is -0.461. The molecule has 6 heteroatoms. The summed E-state index contributed by atoms with van der Waals surface area (Å²) < 4.78 is 11.4. The van der Waals surface area contributed by atoms with E-state index in [2.05, 4.69) is 10.6 Å². The fourth-order valence-electron chi connectivity index (χ4n) is 3.31. The van der Waals surface area contributed by atoms with Crippen molar-refractivity contribution in [2.75, 3.05) is 6.61 Å². The second-order valence-electron chi connectivity index (χ2n) is 6.66. The lowest BCUT2D eigenvalue weighted by Crippen LogP contribution is -2.45. The number of carbonyl (C=O) groups is 1. The first kappa shape index (κ1) is 19.2. The third-order valence-corrected chi connectivity index (χ3v) is 4.57. The van der Waals surface area contributed by atoms with Crippen LogP contribution in [0.5, 0.6) is 5.75 Å². The number of benzene rings is 2. The van der Waals surface area contributed by atoms with Crippen LogP contribution in [-0.4, -0.2) is 23.8 Å².